The largest absolute Gasteiger partial charge is 0.446 e. The fourth-order valence-corrected chi connectivity index (χ4v) is 4.76. The lowest BCUT2D eigenvalue weighted by Gasteiger charge is -2.33. The van der Waals surface area contributed by atoms with Gasteiger partial charge in [0, 0.05) is 29.8 Å². The molecule has 2 amide bonds. The Morgan fingerprint density at radius 2 is 1.85 bits per heavy atom. The number of hydrogen-bond acceptors (Lipinski definition) is 5. The van der Waals surface area contributed by atoms with Gasteiger partial charge in [-0.3, -0.25) is 9.89 Å². The summed E-state index contributed by atoms with van der Waals surface area (Å²) in [6, 6.07) is 4.74. The number of carbonyl (C=O) groups excluding carboxylic acids is 2. The molecule has 4 rings (SSSR count). The average molecular weight is 477 g/mol. The summed E-state index contributed by atoms with van der Waals surface area (Å²) in [5.74, 6) is -1.46. The SMILES string of the molecule is C[C@]1(O)CC[C@@H](NC(=O)OC2CC[C@H](c3cc(NC(=O)Cc4cc(F)cc(F)c4)n[nH]3)C2)CC1. The molecule has 2 saturated carbocycles. The highest BCUT2D eigenvalue weighted by Crippen LogP contribution is 2.36. The maximum atomic E-state index is 13.3. The molecule has 0 saturated heterocycles. The van der Waals surface area contributed by atoms with Crippen LogP contribution in [-0.4, -0.2) is 45.1 Å². The van der Waals surface area contributed by atoms with Crippen LogP contribution >= 0.6 is 0 Å². The first-order chi connectivity index (χ1) is 16.1. The molecule has 34 heavy (non-hydrogen) atoms. The lowest BCUT2D eigenvalue weighted by molar-refractivity contribution is -0.115. The number of halogens is 2. The highest BCUT2D eigenvalue weighted by atomic mass is 19.1. The van der Waals surface area contributed by atoms with E-state index in [-0.39, 0.29) is 30.0 Å². The van der Waals surface area contributed by atoms with Crippen LogP contribution in [0.2, 0.25) is 0 Å². The van der Waals surface area contributed by atoms with Crippen LogP contribution in [0.1, 0.15) is 69.0 Å². The van der Waals surface area contributed by atoms with Crippen molar-refractivity contribution in [2.45, 2.75) is 82.0 Å². The van der Waals surface area contributed by atoms with Gasteiger partial charge in [-0.25, -0.2) is 13.6 Å². The molecule has 1 aromatic carbocycles. The molecular formula is C24H30F2N4O4. The number of anilines is 1. The van der Waals surface area contributed by atoms with Crippen molar-refractivity contribution in [3.63, 3.8) is 0 Å². The fraction of sp³-hybridized carbons (Fsp3) is 0.542. The van der Waals surface area contributed by atoms with E-state index in [0.717, 1.165) is 49.6 Å². The number of nitrogens with zero attached hydrogens (tertiary/aromatic N) is 1. The maximum absolute atomic E-state index is 13.3. The fourth-order valence-electron chi connectivity index (χ4n) is 4.76. The third kappa shape index (κ3) is 6.53. The molecule has 1 unspecified atom stereocenters. The third-order valence-electron chi connectivity index (χ3n) is 6.63. The van der Waals surface area contributed by atoms with Gasteiger partial charge in [-0.2, -0.15) is 5.10 Å². The van der Waals surface area contributed by atoms with E-state index in [4.69, 9.17) is 4.74 Å². The number of hydrogen-bond donors (Lipinski definition) is 4. The lowest BCUT2D eigenvalue weighted by Crippen LogP contribution is -2.43. The van der Waals surface area contributed by atoms with Crippen LogP contribution in [-0.2, 0) is 16.0 Å². The number of rotatable bonds is 6. The normalized spacial score (nSPS) is 26.8. The zero-order chi connectivity index (χ0) is 24.3. The summed E-state index contributed by atoms with van der Waals surface area (Å²) < 4.78 is 32.2. The topological polar surface area (TPSA) is 116 Å². The van der Waals surface area contributed by atoms with Crippen LogP contribution in [0.15, 0.2) is 24.3 Å². The second kappa shape index (κ2) is 10.1. The van der Waals surface area contributed by atoms with Gasteiger partial charge >= 0.3 is 6.09 Å². The summed E-state index contributed by atoms with van der Waals surface area (Å²) in [6.45, 7) is 1.82. The molecular weight excluding hydrogens is 446 g/mol. The predicted molar refractivity (Wildman–Crippen MR) is 120 cm³/mol. The van der Waals surface area contributed by atoms with Crippen molar-refractivity contribution >= 4 is 17.8 Å². The van der Waals surface area contributed by atoms with Crippen molar-refractivity contribution < 1.29 is 28.2 Å². The maximum Gasteiger partial charge on any atom is 0.407 e. The number of amides is 2. The number of aliphatic hydroxyl groups is 1. The molecule has 1 aromatic heterocycles. The van der Waals surface area contributed by atoms with Crippen LogP contribution in [0.4, 0.5) is 19.4 Å². The van der Waals surface area contributed by atoms with Crippen molar-refractivity contribution in [1.29, 1.82) is 0 Å². The summed E-state index contributed by atoms with van der Waals surface area (Å²) in [4.78, 5) is 24.5. The Bertz CT molecular complexity index is 1010. The van der Waals surface area contributed by atoms with Crippen LogP contribution in [0, 0.1) is 11.6 Å². The van der Waals surface area contributed by atoms with Crippen molar-refractivity contribution in [2.75, 3.05) is 5.32 Å². The number of carbonyl (C=O) groups is 2. The molecule has 2 aromatic rings. The Kier molecular flexibility index (Phi) is 7.16. The van der Waals surface area contributed by atoms with Crippen molar-refractivity contribution in [3.05, 3.63) is 47.2 Å². The van der Waals surface area contributed by atoms with E-state index in [0.29, 0.717) is 25.1 Å². The Morgan fingerprint density at radius 3 is 2.56 bits per heavy atom. The smallest absolute Gasteiger partial charge is 0.407 e. The minimum absolute atomic E-state index is 0.0209. The number of benzene rings is 1. The number of aromatic nitrogens is 2. The van der Waals surface area contributed by atoms with E-state index >= 15 is 0 Å². The predicted octanol–water partition coefficient (Wildman–Crippen LogP) is 3.93. The van der Waals surface area contributed by atoms with E-state index in [1.165, 1.54) is 0 Å². The van der Waals surface area contributed by atoms with E-state index < -0.39 is 29.2 Å². The van der Waals surface area contributed by atoms with Crippen molar-refractivity contribution in [3.8, 4) is 0 Å². The van der Waals surface area contributed by atoms with E-state index in [1.807, 2.05) is 6.92 Å². The summed E-state index contributed by atoms with van der Waals surface area (Å²) in [7, 11) is 0. The molecule has 0 radical (unpaired) electrons. The molecule has 184 valence electrons. The molecule has 4 N–H and O–H groups in total. The van der Waals surface area contributed by atoms with Gasteiger partial charge in [-0.1, -0.05) is 0 Å². The Balaban J connectivity index is 1.22. The van der Waals surface area contributed by atoms with Crippen molar-refractivity contribution in [1.82, 2.24) is 15.5 Å². The monoisotopic (exact) mass is 476 g/mol. The van der Waals surface area contributed by atoms with Gasteiger partial charge in [-0.05, 0) is 69.6 Å². The van der Waals surface area contributed by atoms with Crippen molar-refractivity contribution in [2.24, 2.45) is 0 Å². The molecule has 2 aliphatic carbocycles. The van der Waals surface area contributed by atoms with Crippen LogP contribution in [0.25, 0.3) is 0 Å². The van der Waals surface area contributed by atoms with Gasteiger partial charge < -0.3 is 20.5 Å². The molecule has 2 fully saturated rings. The second-order valence-corrected chi connectivity index (χ2v) is 9.66. The first-order valence-electron chi connectivity index (χ1n) is 11.6. The molecule has 0 aliphatic heterocycles. The molecule has 1 heterocycles. The van der Waals surface area contributed by atoms with Crippen LogP contribution < -0.4 is 10.6 Å². The summed E-state index contributed by atoms with van der Waals surface area (Å²) in [5.41, 5.74) is 0.409. The second-order valence-electron chi connectivity index (χ2n) is 9.66. The Hall–Kier alpha value is -3.01. The standard InChI is InChI=1S/C24H30F2N4O4/c1-24(33)6-4-18(5-7-24)27-23(32)34-19-3-2-15(11-19)20-13-21(30-29-20)28-22(31)10-14-8-16(25)12-17(26)9-14/h8-9,12-13,15,18-19,33H,2-7,10-11H2,1H3,(H,27,32)(H2,28,29,30,31)/t15-,18-,19?,24+/m0/s1. The van der Waals surface area contributed by atoms with E-state index in [9.17, 15) is 23.5 Å². The minimum Gasteiger partial charge on any atom is -0.446 e. The van der Waals surface area contributed by atoms with Gasteiger partial charge in [0.2, 0.25) is 5.91 Å². The Labute approximate surface area is 196 Å². The molecule has 0 bridgehead atoms. The van der Waals surface area contributed by atoms with E-state index in [2.05, 4.69) is 20.8 Å². The first-order valence-corrected chi connectivity index (χ1v) is 11.6. The van der Waals surface area contributed by atoms with Gasteiger partial charge in [0.1, 0.15) is 17.7 Å². The number of ether oxygens (including phenoxy) is 1. The highest BCUT2D eigenvalue weighted by Gasteiger charge is 2.32. The molecule has 2 aliphatic rings. The van der Waals surface area contributed by atoms with E-state index in [1.54, 1.807) is 6.07 Å². The highest BCUT2D eigenvalue weighted by molar-refractivity contribution is 5.91. The number of nitrogens with one attached hydrogen (secondary N) is 3. The van der Waals surface area contributed by atoms with Gasteiger partial charge in [0.15, 0.2) is 5.82 Å². The Morgan fingerprint density at radius 1 is 1.15 bits per heavy atom. The van der Waals surface area contributed by atoms with Gasteiger partial charge in [0.25, 0.3) is 0 Å². The molecule has 0 spiro atoms. The molecule has 2 atom stereocenters. The first kappa shape index (κ1) is 24.1. The zero-order valence-electron chi connectivity index (χ0n) is 19.1. The summed E-state index contributed by atoms with van der Waals surface area (Å²) in [6.07, 6.45) is 4.13. The zero-order valence-corrected chi connectivity index (χ0v) is 19.1. The van der Waals surface area contributed by atoms with Gasteiger partial charge in [0.05, 0.1) is 12.0 Å². The summed E-state index contributed by atoms with van der Waals surface area (Å²) in [5, 5.41) is 22.6. The number of alkyl carbamates (subject to hydrolysis) is 1. The van der Waals surface area contributed by atoms with Gasteiger partial charge in [-0.15, -0.1) is 0 Å². The third-order valence-corrected chi connectivity index (χ3v) is 6.63. The summed E-state index contributed by atoms with van der Waals surface area (Å²) >= 11 is 0. The average Bonchev–Trinajstić information content (AvgIpc) is 3.38. The minimum atomic E-state index is -0.733. The number of H-pyrrole nitrogens is 1. The van der Waals surface area contributed by atoms with Crippen LogP contribution in [0.3, 0.4) is 0 Å². The van der Waals surface area contributed by atoms with Crippen LogP contribution in [0.5, 0.6) is 0 Å². The lowest BCUT2D eigenvalue weighted by atomic mass is 9.84. The molecule has 8 nitrogen and oxygen atoms in total. The number of aromatic amines is 1. The quantitative estimate of drug-likeness (QED) is 0.504. The molecule has 10 heteroatoms.